The summed E-state index contributed by atoms with van der Waals surface area (Å²) in [6, 6.07) is 14.4. The summed E-state index contributed by atoms with van der Waals surface area (Å²) in [7, 11) is 0. The van der Waals surface area contributed by atoms with E-state index in [2.05, 4.69) is 20.8 Å². The number of amides is 1. The van der Waals surface area contributed by atoms with Crippen LogP contribution in [0.1, 0.15) is 67.8 Å². The van der Waals surface area contributed by atoms with Crippen LogP contribution in [-0.4, -0.2) is 24.0 Å². The van der Waals surface area contributed by atoms with Gasteiger partial charge in [-0.15, -0.1) is 0 Å². The van der Waals surface area contributed by atoms with Crippen molar-refractivity contribution < 1.29 is 13.9 Å². The van der Waals surface area contributed by atoms with Crippen molar-refractivity contribution in [2.75, 3.05) is 13.2 Å². The predicted molar refractivity (Wildman–Crippen MR) is 122 cm³/mol. The fraction of sp³-hybridized carbons (Fsp3) is 0.385. The molecule has 0 bridgehead atoms. The van der Waals surface area contributed by atoms with Crippen LogP contribution < -0.4 is 10.2 Å². The van der Waals surface area contributed by atoms with Gasteiger partial charge in [0.1, 0.15) is 11.3 Å². The maximum atomic E-state index is 13.4. The van der Waals surface area contributed by atoms with Crippen molar-refractivity contribution >= 4 is 16.9 Å². The first-order chi connectivity index (χ1) is 15.0. The number of carbonyl (C=O) groups is 1. The van der Waals surface area contributed by atoms with E-state index >= 15 is 0 Å². The normalized spacial score (nSPS) is 15.7. The molecule has 0 spiro atoms. The number of unbranched alkanes of at least 4 members (excludes halogenated alkanes) is 1. The van der Waals surface area contributed by atoms with Gasteiger partial charge in [-0.25, -0.2) is 0 Å². The molecule has 31 heavy (non-hydrogen) atoms. The highest BCUT2D eigenvalue weighted by Gasteiger charge is 2.42. The SMILES string of the molecule is CCCCN1C(=O)c2oc3ccccc3c(=O)c2[C@H]1c1cccc(OCCC(C)C)c1. The van der Waals surface area contributed by atoms with Crippen molar-refractivity contribution in [1.82, 2.24) is 4.90 Å². The molecule has 1 aliphatic heterocycles. The number of fused-ring (bicyclic) bond motifs is 2. The topological polar surface area (TPSA) is 59.8 Å². The molecule has 0 radical (unpaired) electrons. The molecular weight excluding hydrogens is 390 g/mol. The Labute approximate surface area is 182 Å². The third kappa shape index (κ3) is 4.09. The molecule has 5 heteroatoms. The number of rotatable bonds is 8. The van der Waals surface area contributed by atoms with E-state index in [4.69, 9.17) is 9.15 Å². The lowest BCUT2D eigenvalue weighted by atomic mass is 9.98. The van der Waals surface area contributed by atoms with Crippen molar-refractivity contribution in [3.05, 3.63) is 75.6 Å². The molecule has 1 atom stereocenters. The minimum absolute atomic E-state index is 0.139. The van der Waals surface area contributed by atoms with Gasteiger partial charge < -0.3 is 14.1 Å². The summed E-state index contributed by atoms with van der Waals surface area (Å²) >= 11 is 0. The zero-order valence-corrected chi connectivity index (χ0v) is 18.4. The Bertz CT molecular complexity index is 1150. The Kier molecular flexibility index (Phi) is 6.12. The summed E-state index contributed by atoms with van der Waals surface area (Å²) in [5.41, 5.74) is 1.61. The highest BCUT2D eigenvalue weighted by Crippen LogP contribution is 2.39. The molecule has 0 fully saturated rings. The Morgan fingerprint density at radius 1 is 1.10 bits per heavy atom. The van der Waals surface area contributed by atoms with Crippen LogP contribution >= 0.6 is 0 Å². The smallest absolute Gasteiger partial charge is 0.290 e. The predicted octanol–water partition coefficient (Wildman–Crippen LogP) is 5.56. The van der Waals surface area contributed by atoms with E-state index in [1.54, 1.807) is 23.1 Å². The molecule has 4 rings (SSSR count). The van der Waals surface area contributed by atoms with Gasteiger partial charge >= 0.3 is 0 Å². The summed E-state index contributed by atoms with van der Waals surface area (Å²) in [6.45, 7) is 7.61. The number of ether oxygens (including phenoxy) is 1. The van der Waals surface area contributed by atoms with Crippen LogP contribution in [-0.2, 0) is 0 Å². The Morgan fingerprint density at radius 2 is 1.90 bits per heavy atom. The van der Waals surface area contributed by atoms with Crippen molar-refractivity contribution in [3.8, 4) is 5.75 Å². The third-order valence-corrected chi connectivity index (χ3v) is 5.76. The molecule has 0 saturated heterocycles. The van der Waals surface area contributed by atoms with E-state index in [9.17, 15) is 9.59 Å². The maximum absolute atomic E-state index is 13.4. The number of hydrogen-bond acceptors (Lipinski definition) is 4. The standard InChI is InChI=1S/C26H29NO4/c1-4-5-14-27-23(18-9-8-10-19(16-18)30-15-13-17(2)3)22-24(28)20-11-6-7-12-21(20)31-25(22)26(27)29/h6-12,16-17,23H,4-5,13-15H2,1-3H3/t23-/m1/s1. The van der Waals surface area contributed by atoms with Crippen LogP contribution in [0.15, 0.2) is 57.7 Å². The van der Waals surface area contributed by atoms with E-state index in [0.29, 0.717) is 35.6 Å². The monoisotopic (exact) mass is 419 g/mol. The van der Waals surface area contributed by atoms with Gasteiger partial charge in [-0.05, 0) is 48.6 Å². The first-order valence-corrected chi connectivity index (χ1v) is 11.1. The molecule has 3 aromatic rings. The van der Waals surface area contributed by atoms with Gasteiger partial charge in [0.2, 0.25) is 5.76 Å². The van der Waals surface area contributed by atoms with Gasteiger partial charge in [0.25, 0.3) is 5.91 Å². The van der Waals surface area contributed by atoms with Crippen LogP contribution in [0.4, 0.5) is 0 Å². The summed E-state index contributed by atoms with van der Waals surface area (Å²) in [5.74, 6) is 1.25. The Balaban J connectivity index is 1.79. The molecular formula is C26H29NO4. The van der Waals surface area contributed by atoms with Crippen molar-refractivity contribution in [2.24, 2.45) is 5.92 Å². The molecule has 0 saturated carbocycles. The summed E-state index contributed by atoms with van der Waals surface area (Å²) in [4.78, 5) is 28.5. The Hall–Kier alpha value is -3.08. The van der Waals surface area contributed by atoms with Crippen LogP contribution in [0, 0.1) is 5.92 Å². The van der Waals surface area contributed by atoms with Crippen LogP contribution in [0.25, 0.3) is 11.0 Å². The second kappa shape index (κ2) is 8.96. The average molecular weight is 420 g/mol. The molecule has 1 aliphatic rings. The highest BCUT2D eigenvalue weighted by molar-refractivity contribution is 5.99. The first-order valence-electron chi connectivity index (χ1n) is 11.1. The van der Waals surface area contributed by atoms with Crippen LogP contribution in [0.5, 0.6) is 5.75 Å². The van der Waals surface area contributed by atoms with Crippen LogP contribution in [0.2, 0.25) is 0 Å². The quantitative estimate of drug-likeness (QED) is 0.479. The van der Waals surface area contributed by atoms with Crippen molar-refractivity contribution in [3.63, 3.8) is 0 Å². The molecule has 2 aromatic carbocycles. The molecule has 1 aromatic heterocycles. The zero-order chi connectivity index (χ0) is 22.0. The minimum Gasteiger partial charge on any atom is -0.494 e. The summed E-state index contributed by atoms with van der Waals surface area (Å²) in [6.07, 6.45) is 2.77. The lowest BCUT2D eigenvalue weighted by Crippen LogP contribution is -2.30. The van der Waals surface area contributed by atoms with Gasteiger partial charge in [-0.3, -0.25) is 9.59 Å². The fourth-order valence-electron chi connectivity index (χ4n) is 4.06. The second-order valence-electron chi connectivity index (χ2n) is 8.53. The fourth-order valence-corrected chi connectivity index (χ4v) is 4.06. The van der Waals surface area contributed by atoms with E-state index in [0.717, 1.165) is 30.6 Å². The minimum atomic E-state index is -0.469. The number of para-hydroxylation sites is 1. The lowest BCUT2D eigenvalue weighted by molar-refractivity contribution is 0.0725. The van der Waals surface area contributed by atoms with Gasteiger partial charge in [0.05, 0.1) is 23.6 Å². The van der Waals surface area contributed by atoms with E-state index in [1.165, 1.54) is 0 Å². The maximum Gasteiger partial charge on any atom is 0.290 e. The van der Waals surface area contributed by atoms with Crippen molar-refractivity contribution in [2.45, 2.75) is 46.1 Å². The van der Waals surface area contributed by atoms with E-state index in [-0.39, 0.29) is 17.1 Å². The summed E-state index contributed by atoms with van der Waals surface area (Å²) < 4.78 is 11.9. The number of hydrogen-bond donors (Lipinski definition) is 0. The van der Waals surface area contributed by atoms with Gasteiger partial charge in [-0.1, -0.05) is 51.5 Å². The van der Waals surface area contributed by atoms with Gasteiger partial charge in [0.15, 0.2) is 5.43 Å². The van der Waals surface area contributed by atoms with Gasteiger partial charge in [0, 0.05) is 6.54 Å². The first kappa shape index (κ1) is 21.2. The zero-order valence-electron chi connectivity index (χ0n) is 18.4. The van der Waals surface area contributed by atoms with E-state index < -0.39 is 6.04 Å². The highest BCUT2D eigenvalue weighted by atomic mass is 16.5. The molecule has 5 nitrogen and oxygen atoms in total. The number of nitrogens with zero attached hydrogens (tertiary/aromatic N) is 1. The van der Waals surface area contributed by atoms with Gasteiger partial charge in [-0.2, -0.15) is 0 Å². The molecule has 0 N–H and O–H groups in total. The molecule has 1 amide bonds. The second-order valence-corrected chi connectivity index (χ2v) is 8.53. The average Bonchev–Trinajstić information content (AvgIpc) is 3.04. The number of benzene rings is 2. The molecule has 162 valence electrons. The largest absolute Gasteiger partial charge is 0.494 e. The third-order valence-electron chi connectivity index (χ3n) is 5.76. The lowest BCUT2D eigenvalue weighted by Gasteiger charge is -2.25. The van der Waals surface area contributed by atoms with E-state index in [1.807, 2.05) is 30.3 Å². The Morgan fingerprint density at radius 3 is 2.68 bits per heavy atom. The summed E-state index contributed by atoms with van der Waals surface area (Å²) in [5, 5.41) is 0.501. The molecule has 2 heterocycles. The number of carbonyl (C=O) groups excluding carboxylic acids is 1. The molecule has 0 unspecified atom stereocenters. The van der Waals surface area contributed by atoms with Crippen molar-refractivity contribution in [1.29, 1.82) is 0 Å². The van der Waals surface area contributed by atoms with Crippen LogP contribution in [0.3, 0.4) is 0 Å². The molecule has 0 aliphatic carbocycles.